The van der Waals surface area contributed by atoms with Crippen LogP contribution in [0.5, 0.6) is 0 Å². The number of hydrogen-bond donors (Lipinski definition) is 2. The Bertz CT molecular complexity index is 181. The topological polar surface area (TPSA) is 35.5 Å². The van der Waals surface area contributed by atoms with Crippen LogP contribution in [0.15, 0.2) is 0 Å². The number of aliphatic hydroxyl groups excluding tert-OH is 1. The van der Waals surface area contributed by atoms with Gasteiger partial charge in [0.15, 0.2) is 0 Å². The van der Waals surface area contributed by atoms with E-state index in [-0.39, 0.29) is 6.61 Å². The van der Waals surface area contributed by atoms with Crippen LogP contribution in [0.2, 0.25) is 0 Å². The molecule has 0 amide bonds. The normalized spacial score (nSPS) is 19.8. The molecule has 17 heavy (non-hydrogen) atoms. The molecule has 3 heteroatoms. The first-order chi connectivity index (χ1) is 8.24. The maximum absolute atomic E-state index is 8.90. The summed E-state index contributed by atoms with van der Waals surface area (Å²) in [6.07, 6.45) is 8.27. The van der Waals surface area contributed by atoms with E-state index >= 15 is 0 Å². The summed E-state index contributed by atoms with van der Waals surface area (Å²) in [6, 6.07) is 0.833. The van der Waals surface area contributed by atoms with Crippen LogP contribution in [0.3, 0.4) is 0 Å². The zero-order valence-electron chi connectivity index (χ0n) is 11.6. The summed E-state index contributed by atoms with van der Waals surface area (Å²) in [4.78, 5) is 2.54. The smallest absolute Gasteiger partial charge is 0.0468 e. The van der Waals surface area contributed by atoms with E-state index in [1.165, 1.54) is 45.1 Å². The summed E-state index contributed by atoms with van der Waals surface area (Å²) in [5.41, 5.74) is 0. The standard InChI is InChI=1S/C14H30N2O/c1-13(12-17)11-15-9-6-10-16(2)14-7-4-3-5-8-14/h13-15,17H,3-12H2,1-2H3. The molecule has 0 aromatic rings. The van der Waals surface area contributed by atoms with Crippen LogP contribution in [0, 0.1) is 5.92 Å². The van der Waals surface area contributed by atoms with Gasteiger partial charge in [-0.1, -0.05) is 26.2 Å². The second-order valence-corrected chi connectivity index (χ2v) is 5.62. The maximum atomic E-state index is 8.90. The lowest BCUT2D eigenvalue weighted by Crippen LogP contribution is -2.35. The third-order valence-electron chi connectivity index (χ3n) is 3.87. The van der Waals surface area contributed by atoms with Crippen molar-refractivity contribution in [3.8, 4) is 0 Å². The first-order valence-electron chi connectivity index (χ1n) is 7.26. The first kappa shape index (κ1) is 14.9. The molecule has 3 nitrogen and oxygen atoms in total. The molecule has 1 aliphatic carbocycles. The molecular weight excluding hydrogens is 212 g/mol. The van der Waals surface area contributed by atoms with E-state index in [4.69, 9.17) is 5.11 Å². The van der Waals surface area contributed by atoms with Crippen molar-refractivity contribution >= 4 is 0 Å². The monoisotopic (exact) mass is 242 g/mol. The van der Waals surface area contributed by atoms with Gasteiger partial charge in [-0.15, -0.1) is 0 Å². The van der Waals surface area contributed by atoms with Gasteiger partial charge in [-0.05, 0) is 51.9 Å². The summed E-state index contributed by atoms with van der Waals surface area (Å²) in [5.74, 6) is 0.381. The highest BCUT2D eigenvalue weighted by atomic mass is 16.3. The van der Waals surface area contributed by atoms with Crippen LogP contribution >= 0.6 is 0 Å². The van der Waals surface area contributed by atoms with Crippen molar-refractivity contribution in [2.75, 3.05) is 33.3 Å². The zero-order valence-corrected chi connectivity index (χ0v) is 11.6. The van der Waals surface area contributed by atoms with E-state index < -0.39 is 0 Å². The summed E-state index contributed by atoms with van der Waals surface area (Å²) < 4.78 is 0. The van der Waals surface area contributed by atoms with Crippen molar-refractivity contribution in [2.45, 2.75) is 51.5 Å². The summed E-state index contributed by atoms with van der Waals surface area (Å²) in [5, 5.41) is 12.3. The molecule has 1 aliphatic rings. The number of nitrogens with one attached hydrogen (secondary N) is 1. The third-order valence-corrected chi connectivity index (χ3v) is 3.87. The van der Waals surface area contributed by atoms with Gasteiger partial charge in [0, 0.05) is 12.6 Å². The molecule has 0 aliphatic heterocycles. The Labute approximate surface area is 107 Å². The lowest BCUT2D eigenvalue weighted by molar-refractivity contribution is 0.188. The second kappa shape index (κ2) is 8.90. The molecule has 1 unspecified atom stereocenters. The van der Waals surface area contributed by atoms with Crippen LogP contribution in [0.1, 0.15) is 45.4 Å². The van der Waals surface area contributed by atoms with Crippen molar-refractivity contribution in [1.29, 1.82) is 0 Å². The van der Waals surface area contributed by atoms with E-state index in [2.05, 4.69) is 24.2 Å². The van der Waals surface area contributed by atoms with Gasteiger partial charge in [0.2, 0.25) is 0 Å². The Hall–Kier alpha value is -0.120. The fourth-order valence-electron chi connectivity index (χ4n) is 2.57. The highest BCUT2D eigenvalue weighted by molar-refractivity contribution is 4.73. The van der Waals surface area contributed by atoms with Crippen LogP contribution in [-0.2, 0) is 0 Å². The fraction of sp³-hybridized carbons (Fsp3) is 1.00. The number of hydrogen-bond acceptors (Lipinski definition) is 3. The molecule has 1 atom stereocenters. The van der Waals surface area contributed by atoms with E-state index in [1.54, 1.807) is 0 Å². The first-order valence-corrected chi connectivity index (χ1v) is 7.26. The van der Waals surface area contributed by atoms with Crippen molar-refractivity contribution in [3.63, 3.8) is 0 Å². The maximum Gasteiger partial charge on any atom is 0.0468 e. The molecule has 1 rings (SSSR count). The van der Waals surface area contributed by atoms with Crippen molar-refractivity contribution in [1.82, 2.24) is 10.2 Å². The quantitative estimate of drug-likeness (QED) is 0.638. The van der Waals surface area contributed by atoms with Crippen LogP contribution in [0.25, 0.3) is 0 Å². The molecule has 2 N–H and O–H groups in total. The fourth-order valence-corrected chi connectivity index (χ4v) is 2.57. The van der Waals surface area contributed by atoms with Gasteiger partial charge < -0.3 is 15.3 Å². The third kappa shape index (κ3) is 6.39. The zero-order chi connectivity index (χ0) is 12.5. The van der Waals surface area contributed by atoms with Crippen molar-refractivity contribution < 1.29 is 5.11 Å². The van der Waals surface area contributed by atoms with Crippen LogP contribution in [-0.4, -0.2) is 49.3 Å². The Morgan fingerprint density at radius 1 is 1.29 bits per heavy atom. The highest BCUT2D eigenvalue weighted by Crippen LogP contribution is 2.21. The molecule has 0 aromatic carbocycles. The van der Waals surface area contributed by atoms with Gasteiger partial charge in [0.25, 0.3) is 0 Å². The number of rotatable bonds is 8. The molecule has 1 fully saturated rings. The molecule has 1 saturated carbocycles. The van der Waals surface area contributed by atoms with E-state index in [1.807, 2.05) is 0 Å². The van der Waals surface area contributed by atoms with Gasteiger partial charge in [-0.25, -0.2) is 0 Å². The average molecular weight is 242 g/mol. The van der Waals surface area contributed by atoms with Crippen LogP contribution in [0.4, 0.5) is 0 Å². The minimum absolute atomic E-state index is 0.287. The van der Waals surface area contributed by atoms with Gasteiger partial charge >= 0.3 is 0 Å². The van der Waals surface area contributed by atoms with Gasteiger partial charge in [0.1, 0.15) is 0 Å². The molecular formula is C14H30N2O. The Kier molecular flexibility index (Phi) is 7.82. The Balaban J connectivity index is 1.97. The molecule has 102 valence electrons. The minimum atomic E-state index is 0.287. The minimum Gasteiger partial charge on any atom is -0.396 e. The van der Waals surface area contributed by atoms with Gasteiger partial charge in [0.05, 0.1) is 0 Å². The predicted molar refractivity (Wildman–Crippen MR) is 73.2 cm³/mol. The Morgan fingerprint density at radius 3 is 2.65 bits per heavy atom. The summed E-state index contributed by atoms with van der Waals surface area (Å²) in [7, 11) is 2.27. The van der Waals surface area contributed by atoms with Gasteiger partial charge in [-0.3, -0.25) is 0 Å². The molecule has 0 saturated heterocycles. The van der Waals surface area contributed by atoms with Gasteiger partial charge in [-0.2, -0.15) is 0 Å². The molecule has 0 spiro atoms. The largest absolute Gasteiger partial charge is 0.396 e. The average Bonchev–Trinajstić information content (AvgIpc) is 2.38. The lowest BCUT2D eigenvalue weighted by atomic mass is 9.94. The predicted octanol–water partition coefficient (Wildman–Crippen LogP) is 1.86. The lowest BCUT2D eigenvalue weighted by Gasteiger charge is -2.31. The molecule has 0 bridgehead atoms. The highest BCUT2D eigenvalue weighted by Gasteiger charge is 2.16. The Morgan fingerprint density at radius 2 is 2.00 bits per heavy atom. The number of nitrogens with zero attached hydrogens (tertiary/aromatic N) is 1. The van der Waals surface area contributed by atoms with E-state index in [0.29, 0.717) is 5.92 Å². The molecule has 0 radical (unpaired) electrons. The van der Waals surface area contributed by atoms with E-state index in [0.717, 1.165) is 19.1 Å². The molecule has 0 heterocycles. The number of aliphatic hydroxyl groups is 1. The van der Waals surface area contributed by atoms with E-state index in [9.17, 15) is 0 Å². The van der Waals surface area contributed by atoms with Crippen molar-refractivity contribution in [3.05, 3.63) is 0 Å². The van der Waals surface area contributed by atoms with Crippen molar-refractivity contribution in [2.24, 2.45) is 5.92 Å². The summed E-state index contributed by atoms with van der Waals surface area (Å²) in [6.45, 7) is 5.56. The summed E-state index contributed by atoms with van der Waals surface area (Å²) >= 11 is 0. The molecule has 0 aromatic heterocycles. The second-order valence-electron chi connectivity index (χ2n) is 5.62. The SMILES string of the molecule is CC(CO)CNCCCN(C)C1CCCCC1. The van der Waals surface area contributed by atoms with Crippen LogP contribution < -0.4 is 5.32 Å².